The number of cyclic esters (lactones) is 1. The smallest absolute Gasteiger partial charge is 0.331 e. The molecule has 108 valence electrons. The molecule has 19 heavy (non-hydrogen) atoms. The van der Waals surface area contributed by atoms with Crippen molar-refractivity contribution in [1.29, 1.82) is 0 Å². The monoisotopic (exact) mass is 276 g/mol. The molecule has 8 heteroatoms. The zero-order chi connectivity index (χ0) is 14.0. The van der Waals surface area contributed by atoms with Crippen LogP contribution in [0.3, 0.4) is 0 Å². The Morgan fingerprint density at radius 3 is 2.53 bits per heavy atom. The molecular weight excluding hydrogens is 260 g/mol. The summed E-state index contributed by atoms with van der Waals surface area (Å²) < 4.78 is 15.1. The lowest BCUT2D eigenvalue weighted by Gasteiger charge is -2.39. The van der Waals surface area contributed by atoms with Gasteiger partial charge in [0, 0.05) is 6.08 Å². The van der Waals surface area contributed by atoms with Gasteiger partial charge in [0.15, 0.2) is 6.29 Å². The molecule has 2 heterocycles. The Labute approximate surface area is 108 Å². The maximum absolute atomic E-state index is 10.8. The quantitative estimate of drug-likeness (QED) is 0.408. The van der Waals surface area contributed by atoms with Crippen molar-refractivity contribution < 1.29 is 39.4 Å². The molecule has 1 saturated heterocycles. The topological polar surface area (TPSA) is 126 Å². The van der Waals surface area contributed by atoms with Gasteiger partial charge in [0.2, 0.25) is 0 Å². The third-order valence-electron chi connectivity index (χ3n) is 2.99. The molecule has 1 fully saturated rings. The minimum atomic E-state index is -1.49. The average Bonchev–Trinajstić information content (AvgIpc) is 2.81. The fourth-order valence-electron chi connectivity index (χ4n) is 1.90. The number of hydrogen-bond donors (Lipinski definition) is 4. The summed E-state index contributed by atoms with van der Waals surface area (Å²) in [6, 6.07) is 0. The van der Waals surface area contributed by atoms with E-state index in [-0.39, 0.29) is 6.61 Å². The molecule has 6 atom stereocenters. The van der Waals surface area contributed by atoms with Crippen molar-refractivity contribution in [2.45, 2.75) is 36.8 Å². The second-order valence-corrected chi connectivity index (χ2v) is 4.37. The van der Waals surface area contributed by atoms with Crippen molar-refractivity contribution in [2.24, 2.45) is 0 Å². The van der Waals surface area contributed by atoms with E-state index in [0.717, 1.165) is 0 Å². The van der Waals surface area contributed by atoms with Crippen LogP contribution >= 0.6 is 0 Å². The van der Waals surface area contributed by atoms with Crippen molar-refractivity contribution in [3.05, 3.63) is 12.2 Å². The van der Waals surface area contributed by atoms with Gasteiger partial charge in [-0.1, -0.05) is 0 Å². The number of carbonyl (C=O) groups is 1. The molecule has 2 rings (SSSR count). The van der Waals surface area contributed by atoms with E-state index in [1.807, 2.05) is 0 Å². The molecule has 0 unspecified atom stereocenters. The second kappa shape index (κ2) is 5.95. The fraction of sp³-hybridized carbons (Fsp3) is 0.727. The number of carbonyl (C=O) groups excluding carboxylic acids is 1. The van der Waals surface area contributed by atoms with Gasteiger partial charge in [0.1, 0.15) is 30.5 Å². The molecule has 2 aliphatic heterocycles. The summed E-state index contributed by atoms with van der Waals surface area (Å²) in [7, 11) is 0. The van der Waals surface area contributed by atoms with Crippen molar-refractivity contribution in [3.8, 4) is 0 Å². The first-order valence-electron chi connectivity index (χ1n) is 5.84. The summed E-state index contributed by atoms with van der Waals surface area (Å²) in [4.78, 5) is 10.8. The molecule has 0 aromatic heterocycles. The summed E-state index contributed by atoms with van der Waals surface area (Å²) in [5, 5.41) is 37.8. The van der Waals surface area contributed by atoms with Crippen LogP contribution in [0.5, 0.6) is 0 Å². The molecule has 4 N–H and O–H groups in total. The van der Waals surface area contributed by atoms with Gasteiger partial charge in [-0.2, -0.15) is 0 Å². The first-order chi connectivity index (χ1) is 9.02. The van der Waals surface area contributed by atoms with Crippen LogP contribution in [-0.4, -0.2) is 76.4 Å². The molecule has 2 aliphatic rings. The SMILES string of the molecule is O=C1C=C[C@H](CO[C@H]2O[C@@H](CO)[C@@H](O)[C@@H](O)[C@H]2O)O1. The van der Waals surface area contributed by atoms with E-state index >= 15 is 0 Å². The van der Waals surface area contributed by atoms with Crippen LogP contribution in [0.15, 0.2) is 12.2 Å². The molecule has 0 radical (unpaired) electrons. The molecular formula is C11H16O8. The van der Waals surface area contributed by atoms with Gasteiger partial charge >= 0.3 is 5.97 Å². The Morgan fingerprint density at radius 1 is 1.21 bits per heavy atom. The van der Waals surface area contributed by atoms with Crippen molar-refractivity contribution in [3.63, 3.8) is 0 Å². The van der Waals surface area contributed by atoms with E-state index in [1.165, 1.54) is 12.2 Å². The molecule has 0 saturated carbocycles. The maximum atomic E-state index is 10.8. The highest BCUT2D eigenvalue weighted by molar-refractivity contribution is 5.84. The lowest BCUT2D eigenvalue weighted by Crippen LogP contribution is -2.59. The van der Waals surface area contributed by atoms with Gasteiger partial charge in [-0.25, -0.2) is 4.79 Å². The molecule has 0 aromatic rings. The Bertz CT molecular complexity index is 355. The first-order valence-corrected chi connectivity index (χ1v) is 5.84. The van der Waals surface area contributed by atoms with Crippen LogP contribution in [0.25, 0.3) is 0 Å². The van der Waals surface area contributed by atoms with Crippen molar-refractivity contribution in [1.82, 2.24) is 0 Å². The Kier molecular flexibility index (Phi) is 4.50. The first kappa shape index (κ1) is 14.4. The minimum absolute atomic E-state index is 0.0646. The third-order valence-corrected chi connectivity index (χ3v) is 2.99. The number of hydrogen-bond acceptors (Lipinski definition) is 8. The van der Waals surface area contributed by atoms with Gasteiger partial charge in [0.05, 0.1) is 13.2 Å². The third kappa shape index (κ3) is 3.11. The van der Waals surface area contributed by atoms with Crippen LogP contribution in [-0.2, 0) is 19.0 Å². The van der Waals surface area contributed by atoms with Gasteiger partial charge in [-0.15, -0.1) is 0 Å². The van der Waals surface area contributed by atoms with E-state index in [4.69, 9.17) is 19.3 Å². The average molecular weight is 276 g/mol. The fourth-order valence-corrected chi connectivity index (χ4v) is 1.90. The number of aliphatic hydroxyl groups is 4. The maximum Gasteiger partial charge on any atom is 0.331 e. The highest BCUT2D eigenvalue weighted by Crippen LogP contribution is 2.22. The summed E-state index contributed by atoms with van der Waals surface area (Å²) in [5.41, 5.74) is 0. The van der Waals surface area contributed by atoms with E-state index in [1.54, 1.807) is 0 Å². The summed E-state index contributed by atoms with van der Waals surface area (Å²) in [6.45, 7) is -0.589. The Morgan fingerprint density at radius 2 is 1.95 bits per heavy atom. The summed E-state index contributed by atoms with van der Waals surface area (Å²) in [6.07, 6.45) is -4.46. The lowest BCUT2D eigenvalue weighted by atomic mass is 9.99. The normalized spacial score (nSPS) is 42.4. The second-order valence-electron chi connectivity index (χ2n) is 4.37. The number of ether oxygens (including phenoxy) is 3. The Hall–Kier alpha value is -1.03. The summed E-state index contributed by atoms with van der Waals surface area (Å²) >= 11 is 0. The van der Waals surface area contributed by atoms with Gasteiger partial charge < -0.3 is 34.6 Å². The van der Waals surface area contributed by atoms with Crippen LogP contribution in [0.1, 0.15) is 0 Å². The summed E-state index contributed by atoms with van der Waals surface area (Å²) in [5.74, 6) is -0.484. The highest BCUT2D eigenvalue weighted by atomic mass is 16.7. The number of rotatable bonds is 4. The molecule has 0 spiro atoms. The zero-order valence-corrected chi connectivity index (χ0v) is 9.95. The van der Waals surface area contributed by atoms with E-state index in [0.29, 0.717) is 0 Å². The number of esters is 1. The Balaban J connectivity index is 1.88. The lowest BCUT2D eigenvalue weighted by molar-refractivity contribution is -0.303. The van der Waals surface area contributed by atoms with E-state index < -0.39 is 49.4 Å². The van der Waals surface area contributed by atoms with Gasteiger partial charge in [-0.05, 0) is 6.08 Å². The van der Waals surface area contributed by atoms with Crippen LogP contribution in [0, 0.1) is 0 Å². The highest BCUT2D eigenvalue weighted by Gasteiger charge is 2.44. The predicted octanol–water partition coefficient (Wildman–Crippen LogP) is -2.72. The molecule has 0 aliphatic carbocycles. The van der Waals surface area contributed by atoms with Gasteiger partial charge in [-0.3, -0.25) is 0 Å². The van der Waals surface area contributed by atoms with Crippen LogP contribution in [0.2, 0.25) is 0 Å². The standard InChI is InChI=1S/C11H16O8/c12-3-6-8(14)9(15)10(16)11(19-6)17-4-5-1-2-7(13)18-5/h1-2,5-6,8-12,14-16H,3-4H2/t5-,6+,8-,9-,10-,11+/m1/s1. The largest absolute Gasteiger partial charge is 0.452 e. The van der Waals surface area contributed by atoms with E-state index in [9.17, 15) is 20.1 Å². The van der Waals surface area contributed by atoms with Crippen LogP contribution in [0.4, 0.5) is 0 Å². The van der Waals surface area contributed by atoms with Crippen LogP contribution < -0.4 is 0 Å². The zero-order valence-electron chi connectivity index (χ0n) is 9.95. The molecule has 8 nitrogen and oxygen atoms in total. The van der Waals surface area contributed by atoms with Crippen molar-refractivity contribution in [2.75, 3.05) is 13.2 Å². The minimum Gasteiger partial charge on any atom is -0.452 e. The predicted molar refractivity (Wildman–Crippen MR) is 58.7 cm³/mol. The molecule has 0 aromatic carbocycles. The molecule has 0 amide bonds. The van der Waals surface area contributed by atoms with Gasteiger partial charge in [0.25, 0.3) is 0 Å². The number of aliphatic hydroxyl groups excluding tert-OH is 4. The van der Waals surface area contributed by atoms with Crippen molar-refractivity contribution >= 4 is 5.97 Å². The van der Waals surface area contributed by atoms with E-state index in [2.05, 4.69) is 0 Å². The molecule has 0 bridgehead atoms.